The third-order valence-electron chi connectivity index (χ3n) is 3.31. The molecule has 1 aliphatic rings. The second-order valence-corrected chi connectivity index (χ2v) is 4.92. The average molecular weight is 309 g/mol. The summed E-state index contributed by atoms with van der Waals surface area (Å²) in [4.78, 5) is 39.0. The maximum atomic E-state index is 11.9. The van der Waals surface area contributed by atoms with E-state index in [0.29, 0.717) is 5.56 Å². The fourth-order valence-electron chi connectivity index (χ4n) is 2.22. The van der Waals surface area contributed by atoms with E-state index in [1.165, 1.54) is 17.7 Å². The molecule has 0 aliphatic carbocycles. The molecule has 10 heteroatoms. The maximum Gasteiger partial charge on any atom is 0.330 e. The van der Waals surface area contributed by atoms with Crippen LogP contribution in [0.2, 0.25) is 0 Å². The molecule has 22 heavy (non-hydrogen) atoms. The van der Waals surface area contributed by atoms with Crippen LogP contribution in [0.3, 0.4) is 0 Å². The number of hydrogen-bond donors (Lipinski definition) is 1. The van der Waals surface area contributed by atoms with Crippen LogP contribution in [0.1, 0.15) is 25.1 Å². The van der Waals surface area contributed by atoms with E-state index in [4.69, 9.17) is 15.0 Å². The van der Waals surface area contributed by atoms with Gasteiger partial charge in [-0.15, -0.1) is 0 Å². The van der Waals surface area contributed by atoms with Crippen LogP contribution in [0.25, 0.3) is 10.4 Å². The topological polar surface area (TPSA) is 139 Å². The van der Waals surface area contributed by atoms with Crippen molar-refractivity contribution in [1.82, 2.24) is 9.55 Å². The summed E-state index contributed by atoms with van der Waals surface area (Å²) in [7, 11) is 0. The zero-order chi connectivity index (χ0) is 16.3. The van der Waals surface area contributed by atoms with E-state index in [0.717, 1.165) is 0 Å². The largest absolute Gasteiger partial charge is 0.463 e. The molecule has 1 aromatic rings. The normalized spacial score (nSPS) is 23.8. The van der Waals surface area contributed by atoms with Crippen molar-refractivity contribution in [3.05, 3.63) is 43.0 Å². The molecule has 2 heterocycles. The first-order valence-corrected chi connectivity index (χ1v) is 6.57. The molecule has 0 radical (unpaired) electrons. The van der Waals surface area contributed by atoms with Crippen molar-refractivity contribution in [3.8, 4) is 0 Å². The van der Waals surface area contributed by atoms with Crippen LogP contribution in [0.4, 0.5) is 0 Å². The van der Waals surface area contributed by atoms with Crippen molar-refractivity contribution in [1.29, 1.82) is 0 Å². The number of azide groups is 1. The lowest BCUT2D eigenvalue weighted by Crippen LogP contribution is -2.33. The van der Waals surface area contributed by atoms with Gasteiger partial charge in [-0.25, -0.2) is 4.79 Å². The molecule has 0 spiro atoms. The molecule has 0 unspecified atom stereocenters. The lowest BCUT2D eigenvalue weighted by atomic mass is 10.1. The first-order valence-electron chi connectivity index (χ1n) is 6.57. The van der Waals surface area contributed by atoms with Crippen molar-refractivity contribution in [3.63, 3.8) is 0 Å². The number of aryl methyl sites for hydroxylation is 1. The van der Waals surface area contributed by atoms with Crippen LogP contribution in [-0.4, -0.2) is 34.3 Å². The molecular weight excluding hydrogens is 294 g/mol. The third kappa shape index (κ3) is 3.35. The van der Waals surface area contributed by atoms with Gasteiger partial charge in [0.1, 0.15) is 18.9 Å². The lowest BCUT2D eigenvalue weighted by molar-refractivity contribution is -0.146. The number of ether oxygens (including phenoxy) is 2. The van der Waals surface area contributed by atoms with Gasteiger partial charge in [-0.2, -0.15) is 0 Å². The Bertz CT molecular complexity index is 732. The molecule has 0 aromatic carbocycles. The fourth-order valence-corrected chi connectivity index (χ4v) is 2.22. The van der Waals surface area contributed by atoms with Gasteiger partial charge in [0, 0.05) is 30.0 Å². The molecule has 1 aromatic heterocycles. The molecule has 1 fully saturated rings. The van der Waals surface area contributed by atoms with E-state index in [-0.39, 0.29) is 13.0 Å². The van der Waals surface area contributed by atoms with E-state index < -0.39 is 35.6 Å². The van der Waals surface area contributed by atoms with E-state index >= 15 is 0 Å². The minimum absolute atomic E-state index is 0.0768. The van der Waals surface area contributed by atoms with Gasteiger partial charge in [0.25, 0.3) is 5.56 Å². The van der Waals surface area contributed by atoms with Gasteiger partial charge >= 0.3 is 11.7 Å². The van der Waals surface area contributed by atoms with Gasteiger partial charge in [-0.05, 0) is 12.5 Å². The SMILES string of the molecule is CC(=O)OC[C@H]1O[C@@H](n2cc(C)c(=O)[nH]c2=O)C[C@H]1N=[N+]=[N-]. The molecule has 118 valence electrons. The number of H-pyrrole nitrogens is 1. The summed E-state index contributed by atoms with van der Waals surface area (Å²) in [5.74, 6) is -0.483. The number of nitrogens with one attached hydrogen (secondary N) is 1. The molecule has 1 N–H and O–H groups in total. The monoisotopic (exact) mass is 309 g/mol. The molecule has 2 rings (SSSR count). The predicted octanol–water partition coefficient (Wildman–Crippen LogP) is 0.375. The third-order valence-corrected chi connectivity index (χ3v) is 3.31. The summed E-state index contributed by atoms with van der Waals surface area (Å²) in [5, 5.41) is 3.61. The van der Waals surface area contributed by atoms with Gasteiger partial charge < -0.3 is 9.47 Å². The summed E-state index contributed by atoms with van der Waals surface area (Å²) in [5.41, 5.74) is 7.86. The molecule has 1 aliphatic heterocycles. The Morgan fingerprint density at radius 1 is 1.64 bits per heavy atom. The van der Waals surface area contributed by atoms with Crippen LogP contribution in [0.5, 0.6) is 0 Å². The number of aromatic nitrogens is 2. The number of carbonyl (C=O) groups excluding carboxylic acids is 1. The quantitative estimate of drug-likeness (QED) is 0.370. The summed E-state index contributed by atoms with van der Waals surface area (Å²) >= 11 is 0. The fraction of sp³-hybridized carbons (Fsp3) is 0.583. The van der Waals surface area contributed by atoms with Crippen LogP contribution >= 0.6 is 0 Å². The van der Waals surface area contributed by atoms with Crippen LogP contribution < -0.4 is 11.2 Å². The van der Waals surface area contributed by atoms with Crippen molar-refractivity contribution < 1.29 is 14.3 Å². The summed E-state index contributed by atoms with van der Waals surface area (Å²) in [6.07, 6.45) is 0.261. The number of nitrogens with zero attached hydrogens (tertiary/aromatic N) is 4. The van der Waals surface area contributed by atoms with Gasteiger partial charge in [0.15, 0.2) is 0 Å². The van der Waals surface area contributed by atoms with Gasteiger partial charge in [0.05, 0.1) is 6.04 Å². The highest BCUT2D eigenvalue weighted by Crippen LogP contribution is 2.30. The number of esters is 1. The van der Waals surface area contributed by atoms with Crippen LogP contribution in [0.15, 0.2) is 20.9 Å². The number of carbonyl (C=O) groups is 1. The maximum absolute atomic E-state index is 11.9. The van der Waals surface area contributed by atoms with Gasteiger partial charge in [-0.3, -0.25) is 19.1 Å². The van der Waals surface area contributed by atoms with Crippen LogP contribution in [-0.2, 0) is 14.3 Å². The van der Waals surface area contributed by atoms with E-state index in [2.05, 4.69) is 15.0 Å². The Hall–Kier alpha value is -2.58. The smallest absolute Gasteiger partial charge is 0.330 e. The molecular formula is C12H15N5O5. The average Bonchev–Trinajstić information content (AvgIpc) is 2.84. The predicted molar refractivity (Wildman–Crippen MR) is 74.2 cm³/mol. The van der Waals surface area contributed by atoms with Crippen molar-refractivity contribution in [2.45, 2.75) is 38.6 Å². The number of aromatic amines is 1. The standard InChI is InChI=1S/C12H15N5O5/c1-6-4-17(12(20)14-11(6)19)10-3-8(15-16-13)9(22-10)5-21-7(2)18/h4,8-10H,3,5H2,1-2H3,(H,14,19,20)/t8-,9-,10-/m1/s1. The van der Waals surface area contributed by atoms with Crippen LogP contribution in [0, 0.1) is 6.92 Å². The highest BCUT2D eigenvalue weighted by Gasteiger charge is 2.36. The zero-order valence-corrected chi connectivity index (χ0v) is 12.1. The highest BCUT2D eigenvalue weighted by molar-refractivity contribution is 5.65. The van der Waals surface area contributed by atoms with E-state index in [1.54, 1.807) is 6.92 Å². The number of hydrogen-bond acceptors (Lipinski definition) is 6. The zero-order valence-electron chi connectivity index (χ0n) is 12.1. The second kappa shape index (κ2) is 6.46. The Kier molecular flexibility index (Phi) is 4.64. The Morgan fingerprint density at radius 2 is 2.36 bits per heavy atom. The molecule has 0 bridgehead atoms. The Morgan fingerprint density at radius 3 is 3.00 bits per heavy atom. The first kappa shape index (κ1) is 15.8. The van der Waals surface area contributed by atoms with Crippen molar-refractivity contribution in [2.75, 3.05) is 6.61 Å². The van der Waals surface area contributed by atoms with E-state index in [1.807, 2.05) is 0 Å². The minimum Gasteiger partial charge on any atom is -0.463 e. The van der Waals surface area contributed by atoms with E-state index in [9.17, 15) is 14.4 Å². The molecule has 10 nitrogen and oxygen atoms in total. The Balaban J connectivity index is 2.25. The number of rotatable bonds is 4. The van der Waals surface area contributed by atoms with Crippen molar-refractivity contribution >= 4 is 5.97 Å². The highest BCUT2D eigenvalue weighted by atomic mass is 16.6. The Labute approximate surface area is 124 Å². The molecule has 0 saturated carbocycles. The summed E-state index contributed by atoms with van der Waals surface area (Å²) in [6.45, 7) is 2.74. The molecule has 3 atom stereocenters. The van der Waals surface area contributed by atoms with Gasteiger partial charge in [-0.1, -0.05) is 5.11 Å². The molecule has 1 saturated heterocycles. The summed E-state index contributed by atoms with van der Waals surface area (Å²) in [6, 6.07) is -0.575. The molecule has 0 amide bonds. The summed E-state index contributed by atoms with van der Waals surface area (Å²) < 4.78 is 11.7. The lowest BCUT2D eigenvalue weighted by Gasteiger charge is -2.16. The second-order valence-electron chi connectivity index (χ2n) is 4.92. The van der Waals surface area contributed by atoms with Crippen molar-refractivity contribution in [2.24, 2.45) is 5.11 Å². The minimum atomic E-state index is -0.709. The van der Waals surface area contributed by atoms with Gasteiger partial charge in [0.2, 0.25) is 0 Å². The first-order chi connectivity index (χ1) is 10.4.